The summed E-state index contributed by atoms with van der Waals surface area (Å²) < 4.78 is 2.36. The highest BCUT2D eigenvalue weighted by molar-refractivity contribution is 5.85. The molecule has 33 heavy (non-hydrogen) atoms. The SMILES string of the molecule is CC(C)n1cc(CCC(=O)N2CCCC3=C[C@@H]4C[C@@H](CN5CCCC[C@H]45)[C@@H]32)c2ccccc21. The van der Waals surface area contributed by atoms with Crippen molar-refractivity contribution in [3.8, 4) is 0 Å². The summed E-state index contributed by atoms with van der Waals surface area (Å²) in [7, 11) is 0. The molecule has 4 aliphatic rings. The molecule has 3 aliphatic heterocycles. The van der Waals surface area contributed by atoms with Gasteiger partial charge in [-0.1, -0.05) is 36.3 Å². The number of rotatable bonds is 4. The Labute approximate surface area is 198 Å². The molecular weight excluding hydrogens is 406 g/mol. The number of hydrogen-bond donors (Lipinski definition) is 0. The topological polar surface area (TPSA) is 28.5 Å². The van der Waals surface area contributed by atoms with E-state index in [1.165, 1.54) is 61.7 Å². The van der Waals surface area contributed by atoms with Gasteiger partial charge in [0.15, 0.2) is 0 Å². The van der Waals surface area contributed by atoms with Crippen molar-refractivity contribution in [1.29, 1.82) is 0 Å². The maximum absolute atomic E-state index is 13.6. The molecule has 2 aromatic rings. The molecule has 6 rings (SSSR count). The lowest BCUT2D eigenvalue weighted by Crippen LogP contribution is -2.60. The molecule has 1 aliphatic carbocycles. The lowest BCUT2D eigenvalue weighted by Gasteiger charge is -2.54. The standard InChI is InChI=1S/C29H39N3O/c1-20(2)32-19-22(25-9-3-4-11-27(25)32)12-13-28(33)31-15-7-8-21-16-23-17-24(29(21)31)18-30-14-6-5-10-26(23)30/h3-4,9,11,16,19-20,23-24,26,29H,5-8,10,12-15,17-18H2,1-2H3/t23-,24+,26-,29-/m1/s1. The van der Waals surface area contributed by atoms with Gasteiger partial charge in [0, 0.05) is 48.7 Å². The Morgan fingerprint density at radius 1 is 1.12 bits per heavy atom. The van der Waals surface area contributed by atoms with Gasteiger partial charge in [0.05, 0.1) is 6.04 Å². The van der Waals surface area contributed by atoms with Crippen LogP contribution in [0.4, 0.5) is 0 Å². The number of aryl methyl sites for hydroxylation is 1. The zero-order valence-electron chi connectivity index (χ0n) is 20.4. The second-order valence-corrected chi connectivity index (χ2v) is 11.3. The zero-order valence-corrected chi connectivity index (χ0v) is 20.4. The van der Waals surface area contributed by atoms with Gasteiger partial charge in [-0.15, -0.1) is 0 Å². The van der Waals surface area contributed by atoms with Crippen LogP contribution in [-0.4, -0.2) is 52.0 Å². The van der Waals surface area contributed by atoms with Crippen LogP contribution in [0.5, 0.6) is 0 Å². The van der Waals surface area contributed by atoms with E-state index in [2.05, 4.69) is 64.8 Å². The van der Waals surface area contributed by atoms with Crippen molar-refractivity contribution in [1.82, 2.24) is 14.4 Å². The second kappa shape index (κ2) is 8.61. The van der Waals surface area contributed by atoms with Crippen molar-refractivity contribution in [2.24, 2.45) is 11.8 Å². The molecule has 3 saturated heterocycles. The maximum atomic E-state index is 13.6. The third-order valence-electron chi connectivity index (χ3n) is 8.97. The molecule has 4 heterocycles. The van der Waals surface area contributed by atoms with E-state index in [9.17, 15) is 4.79 Å². The molecule has 2 bridgehead atoms. The van der Waals surface area contributed by atoms with Crippen LogP contribution in [0, 0.1) is 11.8 Å². The zero-order chi connectivity index (χ0) is 22.5. The van der Waals surface area contributed by atoms with Crippen LogP contribution in [0.1, 0.15) is 70.4 Å². The number of piperidine rings is 3. The van der Waals surface area contributed by atoms with Crippen LogP contribution in [0.15, 0.2) is 42.1 Å². The highest BCUT2D eigenvalue weighted by Gasteiger charge is 2.46. The van der Waals surface area contributed by atoms with E-state index in [1.54, 1.807) is 5.57 Å². The van der Waals surface area contributed by atoms with Crippen LogP contribution in [0.2, 0.25) is 0 Å². The monoisotopic (exact) mass is 445 g/mol. The molecule has 1 aromatic carbocycles. The Kier molecular flexibility index (Phi) is 5.60. The summed E-state index contributed by atoms with van der Waals surface area (Å²) in [5.41, 5.74) is 4.20. The Balaban J connectivity index is 1.21. The fourth-order valence-corrected chi connectivity index (χ4v) is 7.54. The number of para-hydroxylation sites is 1. The van der Waals surface area contributed by atoms with Crippen LogP contribution in [-0.2, 0) is 11.2 Å². The number of likely N-dealkylation sites (tertiary alicyclic amines) is 1. The van der Waals surface area contributed by atoms with Crippen LogP contribution < -0.4 is 0 Å². The molecule has 4 heteroatoms. The summed E-state index contributed by atoms with van der Waals surface area (Å²) in [6.07, 6.45) is 14.1. The quantitative estimate of drug-likeness (QED) is 0.575. The van der Waals surface area contributed by atoms with Crippen molar-refractivity contribution < 1.29 is 4.79 Å². The van der Waals surface area contributed by atoms with Gasteiger partial charge < -0.3 is 9.47 Å². The number of carbonyl (C=O) groups is 1. The van der Waals surface area contributed by atoms with Crippen molar-refractivity contribution in [3.63, 3.8) is 0 Å². The molecular formula is C29H39N3O. The first-order chi connectivity index (χ1) is 16.1. The van der Waals surface area contributed by atoms with E-state index in [0.717, 1.165) is 31.3 Å². The third-order valence-corrected chi connectivity index (χ3v) is 8.97. The summed E-state index contributed by atoms with van der Waals surface area (Å²) in [6.45, 7) is 7.88. The van der Waals surface area contributed by atoms with Crippen molar-refractivity contribution >= 4 is 16.8 Å². The lowest BCUT2D eigenvalue weighted by atomic mass is 9.68. The summed E-state index contributed by atoms with van der Waals surface area (Å²) in [5.74, 6) is 1.73. The molecule has 0 spiro atoms. The highest BCUT2D eigenvalue weighted by atomic mass is 16.2. The Bertz CT molecular complexity index is 1070. The van der Waals surface area contributed by atoms with Crippen molar-refractivity contribution in [2.45, 2.75) is 83.3 Å². The molecule has 176 valence electrons. The molecule has 4 nitrogen and oxygen atoms in total. The van der Waals surface area contributed by atoms with Gasteiger partial charge in [-0.25, -0.2) is 0 Å². The average Bonchev–Trinajstić information content (AvgIpc) is 3.21. The number of amides is 1. The molecule has 4 atom stereocenters. The van der Waals surface area contributed by atoms with E-state index >= 15 is 0 Å². The predicted octanol–water partition coefficient (Wildman–Crippen LogP) is 5.58. The average molecular weight is 446 g/mol. The fourth-order valence-electron chi connectivity index (χ4n) is 7.54. The summed E-state index contributed by atoms with van der Waals surface area (Å²) in [4.78, 5) is 18.7. The number of aromatic nitrogens is 1. The molecule has 1 aromatic heterocycles. The largest absolute Gasteiger partial charge is 0.345 e. The Morgan fingerprint density at radius 2 is 2.00 bits per heavy atom. The van der Waals surface area contributed by atoms with Crippen LogP contribution in [0.3, 0.4) is 0 Å². The van der Waals surface area contributed by atoms with E-state index in [-0.39, 0.29) is 0 Å². The molecule has 0 unspecified atom stereocenters. The van der Waals surface area contributed by atoms with E-state index in [4.69, 9.17) is 0 Å². The van der Waals surface area contributed by atoms with Gasteiger partial charge in [-0.3, -0.25) is 9.69 Å². The van der Waals surface area contributed by atoms with Crippen molar-refractivity contribution in [2.75, 3.05) is 19.6 Å². The van der Waals surface area contributed by atoms with E-state index in [1.807, 2.05) is 0 Å². The Morgan fingerprint density at radius 3 is 2.88 bits per heavy atom. The first kappa shape index (κ1) is 21.5. The molecule has 3 fully saturated rings. The second-order valence-electron chi connectivity index (χ2n) is 11.3. The smallest absolute Gasteiger partial charge is 0.223 e. The molecule has 0 radical (unpaired) electrons. The van der Waals surface area contributed by atoms with E-state index in [0.29, 0.717) is 30.3 Å². The van der Waals surface area contributed by atoms with E-state index < -0.39 is 0 Å². The number of carbonyl (C=O) groups excluding carboxylic acids is 1. The number of benzene rings is 1. The van der Waals surface area contributed by atoms with Gasteiger partial charge in [0.1, 0.15) is 0 Å². The van der Waals surface area contributed by atoms with Crippen molar-refractivity contribution in [3.05, 3.63) is 47.7 Å². The third kappa shape index (κ3) is 3.75. The van der Waals surface area contributed by atoms with Gasteiger partial charge in [0.25, 0.3) is 0 Å². The lowest BCUT2D eigenvalue weighted by molar-refractivity contribution is -0.136. The van der Waals surface area contributed by atoms with Gasteiger partial charge in [-0.2, -0.15) is 0 Å². The molecule has 0 N–H and O–H groups in total. The molecule has 0 saturated carbocycles. The van der Waals surface area contributed by atoms with Crippen LogP contribution >= 0.6 is 0 Å². The minimum atomic E-state index is 0.363. The highest BCUT2D eigenvalue weighted by Crippen LogP contribution is 2.45. The summed E-state index contributed by atoms with van der Waals surface area (Å²) in [5, 5.41) is 1.31. The first-order valence-corrected chi connectivity index (χ1v) is 13.4. The number of fused-ring (bicyclic) bond motifs is 7. The number of hydrogen-bond acceptors (Lipinski definition) is 2. The predicted molar refractivity (Wildman–Crippen MR) is 134 cm³/mol. The fraction of sp³-hybridized carbons (Fsp3) is 0.621. The summed E-state index contributed by atoms with van der Waals surface area (Å²) in [6, 6.07) is 10.2. The molecule has 1 amide bonds. The van der Waals surface area contributed by atoms with Gasteiger partial charge >= 0.3 is 0 Å². The first-order valence-electron chi connectivity index (χ1n) is 13.4. The minimum Gasteiger partial charge on any atom is -0.345 e. The van der Waals surface area contributed by atoms with Gasteiger partial charge in [-0.05, 0) is 82.4 Å². The Hall–Kier alpha value is -2.07. The summed E-state index contributed by atoms with van der Waals surface area (Å²) >= 11 is 0. The normalized spacial score (nSPS) is 29.7. The van der Waals surface area contributed by atoms with Crippen LogP contribution in [0.25, 0.3) is 10.9 Å². The maximum Gasteiger partial charge on any atom is 0.223 e. The minimum absolute atomic E-state index is 0.363. The van der Waals surface area contributed by atoms with Gasteiger partial charge in [0.2, 0.25) is 5.91 Å². The number of nitrogens with zero attached hydrogens (tertiary/aromatic N) is 3.